The van der Waals surface area contributed by atoms with Crippen molar-refractivity contribution in [3.05, 3.63) is 64.3 Å². The molecule has 1 aliphatic rings. The Morgan fingerprint density at radius 3 is 2.66 bits per heavy atom. The highest BCUT2D eigenvalue weighted by Crippen LogP contribution is 2.34. The molecule has 1 aromatic carbocycles. The molecule has 0 saturated carbocycles. The van der Waals surface area contributed by atoms with Crippen LogP contribution in [0.3, 0.4) is 0 Å². The van der Waals surface area contributed by atoms with Crippen LogP contribution >= 0.6 is 23.2 Å². The van der Waals surface area contributed by atoms with Crippen LogP contribution in [0.5, 0.6) is 5.75 Å². The number of carbonyl (C=O) groups excluding carboxylic acids is 1. The molecule has 0 aliphatic carbocycles. The zero-order chi connectivity index (χ0) is 26.8. The molecule has 13 heteroatoms. The van der Waals surface area contributed by atoms with Crippen LogP contribution in [0, 0.1) is 5.95 Å². The van der Waals surface area contributed by atoms with Crippen molar-refractivity contribution < 1.29 is 18.7 Å². The summed E-state index contributed by atoms with van der Waals surface area (Å²) < 4.78 is 24.8. The molecular formula is C25H24Cl2FN7O3. The predicted molar refractivity (Wildman–Crippen MR) is 142 cm³/mol. The maximum absolute atomic E-state index is 13.8. The Morgan fingerprint density at radius 1 is 1.16 bits per heavy atom. The molecule has 1 aliphatic heterocycles. The molecule has 0 unspecified atom stereocenters. The van der Waals surface area contributed by atoms with E-state index in [1.807, 2.05) is 12.1 Å². The molecule has 3 aromatic heterocycles. The SMILES string of the molecule is CCOC(=O)N1CCN(c2ccc(-c3n[nH]c4ccc(O[C@H](N)c5c(Cl)cnc(F)c5Cl)cc34)cn2)CC1. The number of hydrogen-bond donors (Lipinski definition) is 2. The van der Waals surface area contributed by atoms with Crippen molar-refractivity contribution in [3.63, 3.8) is 0 Å². The van der Waals surface area contributed by atoms with Gasteiger partial charge in [-0.3, -0.25) is 10.8 Å². The quantitative estimate of drug-likeness (QED) is 0.255. The molecule has 1 amide bonds. The minimum absolute atomic E-state index is 0.0995. The minimum Gasteiger partial charge on any atom is -0.471 e. The Kier molecular flexibility index (Phi) is 7.50. The molecule has 38 heavy (non-hydrogen) atoms. The van der Waals surface area contributed by atoms with Crippen LogP contribution in [0.2, 0.25) is 10.0 Å². The van der Waals surface area contributed by atoms with Crippen molar-refractivity contribution in [1.29, 1.82) is 0 Å². The summed E-state index contributed by atoms with van der Waals surface area (Å²) in [5.74, 6) is 0.348. The second kappa shape index (κ2) is 11.0. The van der Waals surface area contributed by atoms with E-state index in [1.165, 1.54) is 0 Å². The highest BCUT2D eigenvalue weighted by molar-refractivity contribution is 6.35. The zero-order valence-electron chi connectivity index (χ0n) is 20.3. The molecule has 1 fully saturated rings. The molecule has 4 aromatic rings. The number of nitrogens with one attached hydrogen (secondary N) is 1. The van der Waals surface area contributed by atoms with E-state index in [9.17, 15) is 9.18 Å². The highest BCUT2D eigenvalue weighted by atomic mass is 35.5. The van der Waals surface area contributed by atoms with Gasteiger partial charge in [0.15, 0.2) is 6.23 Å². The normalized spacial score (nSPS) is 14.6. The van der Waals surface area contributed by atoms with Crippen LogP contribution < -0.4 is 15.4 Å². The van der Waals surface area contributed by atoms with Crippen molar-refractivity contribution >= 4 is 46.0 Å². The number of benzene rings is 1. The van der Waals surface area contributed by atoms with Crippen LogP contribution in [-0.4, -0.2) is 63.9 Å². The number of carbonyl (C=O) groups is 1. The van der Waals surface area contributed by atoms with Gasteiger partial charge in [0.25, 0.3) is 0 Å². The number of aromatic nitrogens is 4. The lowest BCUT2D eigenvalue weighted by Gasteiger charge is -2.34. The minimum atomic E-state index is -1.12. The second-order valence-corrected chi connectivity index (χ2v) is 9.31. The predicted octanol–water partition coefficient (Wildman–Crippen LogP) is 4.78. The molecule has 10 nitrogen and oxygen atoms in total. The summed E-state index contributed by atoms with van der Waals surface area (Å²) in [6.45, 7) is 4.61. The number of aromatic amines is 1. The van der Waals surface area contributed by atoms with Crippen LogP contribution in [0.4, 0.5) is 15.0 Å². The first-order valence-electron chi connectivity index (χ1n) is 11.9. The average molecular weight is 560 g/mol. The number of anilines is 1. The molecule has 1 atom stereocenters. The number of fused-ring (bicyclic) bond motifs is 1. The maximum atomic E-state index is 13.8. The first-order valence-corrected chi connectivity index (χ1v) is 12.6. The third-order valence-corrected chi connectivity index (χ3v) is 6.86. The van der Waals surface area contributed by atoms with E-state index in [1.54, 1.807) is 36.2 Å². The number of rotatable bonds is 6. The van der Waals surface area contributed by atoms with E-state index in [4.69, 9.17) is 38.4 Å². The lowest BCUT2D eigenvalue weighted by Crippen LogP contribution is -2.49. The number of nitrogens with zero attached hydrogens (tertiary/aromatic N) is 5. The summed E-state index contributed by atoms with van der Waals surface area (Å²) in [5.41, 5.74) is 8.51. The molecule has 0 spiro atoms. The number of nitrogens with two attached hydrogens (primary N) is 1. The standard InChI is InChI=1S/C25H24Cl2FN7O3/c1-2-37-25(36)35-9-7-34(8-10-35)19-6-3-14(12-30-19)22-16-11-15(4-5-18(16)32-33-22)38-24(29)20-17(26)13-31-23(28)21(20)27/h3-6,11-13,24H,2,7-10,29H2,1H3,(H,32,33)/t24-/m0/s1. The number of piperazine rings is 1. The third kappa shape index (κ3) is 5.17. The summed E-state index contributed by atoms with van der Waals surface area (Å²) >= 11 is 12.1. The van der Waals surface area contributed by atoms with Crippen molar-refractivity contribution in [2.75, 3.05) is 37.7 Å². The number of ether oxygens (including phenoxy) is 2. The van der Waals surface area contributed by atoms with Crippen LogP contribution in [0.25, 0.3) is 22.2 Å². The van der Waals surface area contributed by atoms with Gasteiger partial charge in [0, 0.05) is 49.5 Å². The topological polar surface area (TPSA) is 122 Å². The largest absolute Gasteiger partial charge is 0.471 e. The second-order valence-electron chi connectivity index (χ2n) is 8.52. The van der Waals surface area contributed by atoms with E-state index in [0.717, 1.165) is 28.5 Å². The van der Waals surface area contributed by atoms with Crippen LogP contribution in [0.15, 0.2) is 42.7 Å². The van der Waals surface area contributed by atoms with Gasteiger partial charge in [-0.25, -0.2) is 14.8 Å². The Balaban J connectivity index is 1.32. The Hall–Kier alpha value is -3.67. The number of hydrogen-bond acceptors (Lipinski definition) is 8. The van der Waals surface area contributed by atoms with Crippen LogP contribution in [0.1, 0.15) is 18.7 Å². The molecule has 198 valence electrons. The van der Waals surface area contributed by atoms with Gasteiger partial charge < -0.3 is 19.3 Å². The first kappa shape index (κ1) is 26.0. The lowest BCUT2D eigenvalue weighted by molar-refractivity contribution is 0.105. The maximum Gasteiger partial charge on any atom is 0.409 e. The van der Waals surface area contributed by atoms with E-state index in [0.29, 0.717) is 44.2 Å². The Morgan fingerprint density at radius 2 is 1.95 bits per heavy atom. The van der Waals surface area contributed by atoms with E-state index in [2.05, 4.69) is 25.1 Å². The molecule has 4 heterocycles. The lowest BCUT2D eigenvalue weighted by atomic mass is 10.1. The van der Waals surface area contributed by atoms with Crippen molar-refractivity contribution in [2.24, 2.45) is 5.73 Å². The van der Waals surface area contributed by atoms with Gasteiger partial charge in [-0.15, -0.1) is 0 Å². The summed E-state index contributed by atoms with van der Waals surface area (Å²) in [7, 11) is 0. The number of pyridine rings is 2. The van der Waals surface area contributed by atoms with Crippen molar-refractivity contribution in [3.8, 4) is 17.0 Å². The highest BCUT2D eigenvalue weighted by Gasteiger charge is 2.23. The number of amides is 1. The fourth-order valence-electron chi connectivity index (χ4n) is 4.25. The molecule has 1 saturated heterocycles. The van der Waals surface area contributed by atoms with E-state index >= 15 is 0 Å². The smallest absolute Gasteiger partial charge is 0.409 e. The van der Waals surface area contributed by atoms with Gasteiger partial charge in [0.05, 0.1) is 22.7 Å². The number of H-pyrrole nitrogens is 1. The summed E-state index contributed by atoms with van der Waals surface area (Å²) in [6.07, 6.45) is 1.48. The molecule has 5 rings (SSSR count). The molecular weight excluding hydrogens is 536 g/mol. The van der Waals surface area contributed by atoms with Crippen molar-refractivity contribution in [1.82, 2.24) is 25.1 Å². The summed E-state index contributed by atoms with van der Waals surface area (Å²) in [6, 6.07) is 9.15. The van der Waals surface area contributed by atoms with Gasteiger partial charge in [-0.1, -0.05) is 23.2 Å². The molecule has 0 radical (unpaired) electrons. The van der Waals surface area contributed by atoms with Gasteiger partial charge in [-0.2, -0.15) is 9.49 Å². The fourth-order valence-corrected chi connectivity index (χ4v) is 4.81. The monoisotopic (exact) mass is 559 g/mol. The van der Waals surface area contributed by atoms with Gasteiger partial charge in [0.2, 0.25) is 5.95 Å². The van der Waals surface area contributed by atoms with Gasteiger partial charge in [0.1, 0.15) is 22.3 Å². The van der Waals surface area contributed by atoms with E-state index < -0.39 is 12.2 Å². The van der Waals surface area contributed by atoms with E-state index in [-0.39, 0.29) is 21.7 Å². The van der Waals surface area contributed by atoms with Crippen molar-refractivity contribution in [2.45, 2.75) is 13.2 Å². The molecule has 0 bridgehead atoms. The zero-order valence-corrected chi connectivity index (χ0v) is 21.8. The third-order valence-electron chi connectivity index (χ3n) is 6.20. The Labute approximate surface area is 227 Å². The summed E-state index contributed by atoms with van der Waals surface area (Å²) in [5, 5.41) is 8.05. The van der Waals surface area contributed by atoms with Crippen LogP contribution in [-0.2, 0) is 4.74 Å². The van der Waals surface area contributed by atoms with Gasteiger partial charge >= 0.3 is 6.09 Å². The van der Waals surface area contributed by atoms with Gasteiger partial charge in [-0.05, 0) is 37.3 Å². The molecule has 3 N–H and O–H groups in total. The average Bonchev–Trinajstić information content (AvgIpc) is 3.35. The summed E-state index contributed by atoms with van der Waals surface area (Å²) in [4.78, 5) is 23.9. The number of halogens is 3. The Bertz CT molecular complexity index is 1460. The fraction of sp³-hybridized carbons (Fsp3) is 0.280. The first-order chi connectivity index (χ1) is 18.4.